The molecule has 0 unspecified atom stereocenters. The van der Waals surface area contributed by atoms with Crippen molar-refractivity contribution < 1.29 is 13.9 Å². The molecule has 30 heavy (non-hydrogen) atoms. The molecule has 0 bridgehead atoms. The number of carbonyl (C=O) groups is 1. The molecule has 0 radical (unpaired) electrons. The SMILES string of the molecule is Cc1ccc(-c2cnc(CCC(=O)OCc3ccc(-c4ccccc4)cc3)o2)cc1. The highest BCUT2D eigenvalue weighted by atomic mass is 16.5. The third-order valence-corrected chi connectivity index (χ3v) is 4.89. The number of esters is 1. The molecular weight excluding hydrogens is 374 g/mol. The minimum Gasteiger partial charge on any atom is -0.461 e. The fourth-order valence-corrected chi connectivity index (χ4v) is 3.15. The molecule has 4 nitrogen and oxygen atoms in total. The Morgan fingerprint density at radius 1 is 0.867 bits per heavy atom. The minimum absolute atomic E-state index is 0.232. The van der Waals surface area contributed by atoms with E-state index in [0.717, 1.165) is 22.3 Å². The summed E-state index contributed by atoms with van der Waals surface area (Å²) in [7, 11) is 0. The maximum absolute atomic E-state index is 12.1. The summed E-state index contributed by atoms with van der Waals surface area (Å²) in [6, 6.07) is 26.3. The summed E-state index contributed by atoms with van der Waals surface area (Å²) < 4.78 is 11.2. The fraction of sp³-hybridized carbons (Fsp3) is 0.154. The molecule has 0 spiro atoms. The van der Waals surface area contributed by atoms with Crippen LogP contribution in [-0.4, -0.2) is 11.0 Å². The van der Waals surface area contributed by atoms with Crippen molar-refractivity contribution in [2.45, 2.75) is 26.4 Å². The van der Waals surface area contributed by atoms with Crippen LogP contribution >= 0.6 is 0 Å². The van der Waals surface area contributed by atoms with E-state index < -0.39 is 0 Å². The van der Waals surface area contributed by atoms with Gasteiger partial charge in [0.05, 0.1) is 12.6 Å². The van der Waals surface area contributed by atoms with Gasteiger partial charge in [0, 0.05) is 12.0 Å². The number of benzene rings is 3. The van der Waals surface area contributed by atoms with Crippen molar-refractivity contribution in [1.82, 2.24) is 4.98 Å². The summed E-state index contributed by atoms with van der Waals surface area (Å²) in [5, 5.41) is 0. The molecule has 0 aliphatic carbocycles. The van der Waals surface area contributed by atoms with E-state index in [1.165, 1.54) is 5.56 Å². The molecule has 0 amide bonds. The molecule has 150 valence electrons. The van der Waals surface area contributed by atoms with Crippen LogP contribution in [0.25, 0.3) is 22.5 Å². The Bertz CT molecular complexity index is 1100. The van der Waals surface area contributed by atoms with Crippen LogP contribution in [0.5, 0.6) is 0 Å². The highest BCUT2D eigenvalue weighted by Crippen LogP contribution is 2.22. The van der Waals surface area contributed by atoms with Crippen LogP contribution in [0, 0.1) is 6.92 Å². The molecule has 0 N–H and O–H groups in total. The average Bonchev–Trinajstić information content (AvgIpc) is 3.27. The lowest BCUT2D eigenvalue weighted by Gasteiger charge is -2.06. The second-order valence-electron chi connectivity index (χ2n) is 7.21. The monoisotopic (exact) mass is 397 g/mol. The van der Waals surface area contributed by atoms with Crippen LogP contribution in [0.3, 0.4) is 0 Å². The van der Waals surface area contributed by atoms with Crippen molar-refractivity contribution in [3.63, 3.8) is 0 Å². The van der Waals surface area contributed by atoms with E-state index in [1.807, 2.05) is 73.7 Å². The average molecular weight is 397 g/mol. The second-order valence-corrected chi connectivity index (χ2v) is 7.21. The predicted octanol–water partition coefficient (Wildman–Crippen LogP) is 5.99. The van der Waals surface area contributed by atoms with Gasteiger partial charge in [0.15, 0.2) is 11.7 Å². The number of ether oxygens (including phenoxy) is 1. The maximum Gasteiger partial charge on any atom is 0.306 e. The molecular formula is C26H23NO3. The van der Waals surface area contributed by atoms with Gasteiger partial charge in [0.1, 0.15) is 6.61 Å². The summed E-state index contributed by atoms with van der Waals surface area (Å²) >= 11 is 0. The third-order valence-electron chi connectivity index (χ3n) is 4.89. The van der Waals surface area contributed by atoms with Crippen molar-refractivity contribution in [3.05, 3.63) is 102 Å². The molecule has 3 aromatic carbocycles. The molecule has 1 heterocycles. The molecule has 0 saturated heterocycles. The normalized spacial score (nSPS) is 10.7. The van der Waals surface area contributed by atoms with Gasteiger partial charge in [0.2, 0.25) is 0 Å². The molecule has 4 heteroatoms. The Kier molecular flexibility index (Phi) is 6.04. The Balaban J connectivity index is 1.26. The van der Waals surface area contributed by atoms with Gasteiger partial charge in [0.25, 0.3) is 0 Å². The first-order valence-electron chi connectivity index (χ1n) is 9.99. The van der Waals surface area contributed by atoms with E-state index in [2.05, 4.69) is 17.1 Å². The lowest BCUT2D eigenvalue weighted by Crippen LogP contribution is -2.06. The van der Waals surface area contributed by atoms with Gasteiger partial charge in [-0.25, -0.2) is 4.98 Å². The van der Waals surface area contributed by atoms with E-state index in [-0.39, 0.29) is 19.0 Å². The number of oxazole rings is 1. The van der Waals surface area contributed by atoms with Crippen LogP contribution in [0.4, 0.5) is 0 Å². The zero-order valence-corrected chi connectivity index (χ0v) is 16.9. The highest BCUT2D eigenvalue weighted by Gasteiger charge is 2.10. The second kappa shape index (κ2) is 9.23. The molecule has 0 aliphatic rings. The Morgan fingerprint density at radius 3 is 2.27 bits per heavy atom. The zero-order valence-electron chi connectivity index (χ0n) is 16.9. The number of aryl methyl sites for hydroxylation is 2. The first-order valence-corrected chi connectivity index (χ1v) is 9.99. The van der Waals surface area contributed by atoms with Crippen molar-refractivity contribution in [2.75, 3.05) is 0 Å². The van der Waals surface area contributed by atoms with E-state index in [4.69, 9.17) is 9.15 Å². The van der Waals surface area contributed by atoms with Crippen molar-refractivity contribution in [3.8, 4) is 22.5 Å². The molecule has 0 aliphatic heterocycles. The lowest BCUT2D eigenvalue weighted by atomic mass is 10.0. The van der Waals surface area contributed by atoms with Gasteiger partial charge in [-0.2, -0.15) is 0 Å². The number of carbonyl (C=O) groups excluding carboxylic acids is 1. The van der Waals surface area contributed by atoms with E-state index in [9.17, 15) is 4.79 Å². The van der Waals surface area contributed by atoms with Gasteiger partial charge in [-0.1, -0.05) is 84.4 Å². The Labute approximate surface area is 176 Å². The van der Waals surface area contributed by atoms with Crippen molar-refractivity contribution in [1.29, 1.82) is 0 Å². The number of aromatic nitrogens is 1. The molecule has 0 atom stereocenters. The predicted molar refractivity (Wildman–Crippen MR) is 117 cm³/mol. The standard InChI is InChI=1S/C26H23NO3/c1-19-7-11-23(12-8-19)24-17-27-25(30-24)15-16-26(28)29-18-20-9-13-22(14-10-20)21-5-3-2-4-6-21/h2-14,17H,15-16,18H2,1H3. The van der Waals surface area contributed by atoms with Crippen molar-refractivity contribution >= 4 is 5.97 Å². The molecule has 0 fully saturated rings. The van der Waals surface area contributed by atoms with Crippen LogP contribution in [-0.2, 0) is 22.6 Å². The topological polar surface area (TPSA) is 52.3 Å². The first-order chi connectivity index (χ1) is 14.7. The van der Waals surface area contributed by atoms with E-state index >= 15 is 0 Å². The quantitative estimate of drug-likeness (QED) is 0.359. The molecule has 0 saturated carbocycles. The molecule has 4 rings (SSSR count). The van der Waals surface area contributed by atoms with Crippen LogP contribution < -0.4 is 0 Å². The minimum atomic E-state index is -0.266. The smallest absolute Gasteiger partial charge is 0.306 e. The largest absolute Gasteiger partial charge is 0.461 e. The highest BCUT2D eigenvalue weighted by molar-refractivity contribution is 5.69. The molecule has 4 aromatic rings. The van der Waals surface area contributed by atoms with Gasteiger partial charge >= 0.3 is 5.97 Å². The number of rotatable bonds is 7. The van der Waals surface area contributed by atoms with Gasteiger partial charge < -0.3 is 9.15 Å². The van der Waals surface area contributed by atoms with E-state index in [0.29, 0.717) is 18.1 Å². The van der Waals surface area contributed by atoms with Gasteiger partial charge in [-0.3, -0.25) is 4.79 Å². The lowest BCUT2D eigenvalue weighted by molar-refractivity contribution is -0.145. The van der Waals surface area contributed by atoms with Crippen LogP contribution in [0.1, 0.15) is 23.4 Å². The fourth-order valence-electron chi connectivity index (χ4n) is 3.15. The number of hydrogen-bond donors (Lipinski definition) is 0. The van der Waals surface area contributed by atoms with E-state index in [1.54, 1.807) is 6.20 Å². The number of hydrogen-bond acceptors (Lipinski definition) is 4. The molecule has 1 aromatic heterocycles. The zero-order chi connectivity index (χ0) is 20.8. The van der Waals surface area contributed by atoms with Crippen LogP contribution in [0.15, 0.2) is 89.5 Å². The summed E-state index contributed by atoms with van der Waals surface area (Å²) in [5.74, 6) is 0.976. The maximum atomic E-state index is 12.1. The summed E-state index contributed by atoms with van der Waals surface area (Å²) in [5.41, 5.74) is 5.42. The number of nitrogens with zero attached hydrogens (tertiary/aromatic N) is 1. The van der Waals surface area contributed by atoms with Crippen molar-refractivity contribution in [2.24, 2.45) is 0 Å². The van der Waals surface area contributed by atoms with Gasteiger partial charge in [-0.15, -0.1) is 0 Å². The first kappa shape index (κ1) is 19.6. The summed E-state index contributed by atoms with van der Waals surface area (Å²) in [6.45, 7) is 2.30. The van der Waals surface area contributed by atoms with Crippen LogP contribution in [0.2, 0.25) is 0 Å². The summed E-state index contributed by atoms with van der Waals surface area (Å²) in [4.78, 5) is 16.4. The Hall–Kier alpha value is -3.66. The third kappa shape index (κ3) is 5.03. The Morgan fingerprint density at radius 2 is 1.53 bits per heavy atom. The van der Waals surface area contributed by atoms with Gasteiger partial charge in [-0.05, 0) is 23.6 Å². The summed E-state index contributed by atoms with van der Waals surface area (Å²) in [6.07, 6.45) is 2.34.